The van der Waals surface area contributed by atoms with Crippen LogP contribution in [0.25, 0.3) is 0 Å². The molecule has 14 N–H and O–H groups in total. The van der Waals surface area contributed by atoms with Crippen molar-refractivity contribution >= 4 is 39.2 Å². The Morgan fingerprint density at radius 3 is 2.52 bits per heavy atom. The molecule has 3 fully saturated rings. The van der Waals surface area contributed by atoms with Crippen LogP contribution in [0.4, 0.5) is 0 Å². The molecule has 10 rings (SSSR count). The van der Waals surface area contributed by atoms with Crippen LogP contribution in [0.1, 0.15) is 155 Å². The van der Waals surface area contributed by atoms with Crippen LogP contribution in [-0.4, -0.2) is 117 Å². The quantitative estimate of drug-likeness (QED) is 0.0330. The van der Waals surface area contributed by atoms with Gasteiger partial charge in [0.15, 0.2) is 11.7 Å². The molecule has 4 heterocycles. The Balaban J connectivity index is 1.02. The number of aromatic hydroxyl groups is 1. The molecule has 3 aromatic carbocycles. The van der Waals surface area contributed by atoms with Crippen molar-refractivity contribution < 1.29 is 39.9 Å². The number of nitrogens with zero attached hydrogens (tertiary/aromatic N) is 1. The number of fused-ring (bicyclic) bond motifs is 7. The summed E-state index contributed by atoms with van der Waals surface area (Å²) in [6.45, 7) is 9.60. The average Bonchev–Trinajstić information content (AvgIpc) is 1.66. The second kappa shape index (κ2) is 30.3. The average molecular weight is 1250 g/mol. The molecule has 89 heavy (non-hydrogen) atoms. The Morgan fingerprint density at radius 2 is 1.73 bits per heavy atom. The smallest absolute Gasteiger partial charge is 0.243 e. The van der Waals surface area contributed by atoms with Crippen LogP contribution >= 0.6 is 21.6 Å². The van der Waals surface area contributed by atoms with Crippen molar-refractivity contribution in [3.05, 3.63) is 159 Å². The molecule has 3 aliphatic carbocycles. The highest BCUT2D eigenvalue weighted by Crippen LogP contribution is 2.63. The highest BCUT2D eigenvalue weighted by atomic mass is 33.1. The molecule has 1 spiro atoms. The third-order valence-electron chi connectivity index (χ3n) is 20.8. The van der Waals surface area contributed by atoms with Crippen molar-refractivity contribution in [3.8, 4) is 17.6 Å². The summed E-state index contributed by atoms with van der Waals surface area (Å²) in [5.41, 5.74) is 25.1. The fourth-order valence-corrected chi connectivity index (χ4v) is 17.9. The molecule has 3 aromatic rings. The van der Waals surface area contributed by atoms with Gasteiger partial charge in [-0.25, -0.2) is 0 Å². The first-order valence-corrected chi connectivity index (χ1v) is 35.0. The molecule has 0 radical (unpaired) electrons. The molecule has 4 bridgehead atoms. The molecule has 7 aliphatic rings. The summed E-state index contributed by atoms with van der Waals surface area (Å²) in [5.74, 6) is 6.74. The number of phenols is 1. The standard InChI is InChI=1S/C72H95N7O8S2/c1-44-11-7-18-52(42-87-55-19-9-14-46(31-34-88-89-43-55)21-28-62(44)76-39-47-12-5-4-6-13-47)57-30-33-72(67(57)84)61-27-26-54(81)36-48-15-8-16-49(35-48)37-59(60(40-78-70(74)75)50-22-24-53(80)25-23-50)64(83)41-77-66-65-51(17-10-20-58(65)68(73)79-69(66)85)38-63(82)45(2)56(61)29-32-71(72,3)86/h7-8,10-11,15-18,20-25,35,47,54-55,57,59-62,64,66-68,76-77,80-81,83-84,86H,1,4-6,12-14,26-34,36-43,73H2,2-3H3,(H,79,85)(H4,74,75,78). The van der Waals surface area contributed by atoms with Gasteiger partial charge in [-0.15, -0.1) is 0 Å². The molecular weight excluding hydrogens is 1150 g/mol. The number of rotatable bonds is 8. The number of carbonyl (C=O) groups excluding carboxylic acids is 2. The van der Waals surface area contributed by atoms with Crippen LogP contribution in [0.3, 0.4) is 0 Å². The van der Waals surface area contributed by atoms with Crippen molar-refractivity contribution in [2.24, 2.45) is 51.3 Å². The van der Waals surface area contributed by atoms with Gasteiger partial charge in [0.1, 0.15) is 24.1 Å². The number of guanidine groups is 1. The maximum absolute atomic E-state index is 15.4. The van der Waals surface area contributed by atoms with E-state index in [1.807, 2.05) is 67.1 Å². The van der Waals surface area contributed by atoms with Crippen molar-refractivity contribution in [2.75, 3.05) is 37.7 Å². The Labute approximate surface area is 534 Å². The third-order valence-corrected chi connectivity index (χ3v) is 23.2. The van der Waals surface area contributed by atoms with E-state index in [9.17, 15) is 30.3 Å². The lowest BCUT2D eigenvalue weighted by molar-refractivity contribution is -0.168. The van der Waals surface area contributed by atoms with Crippen molar-refractivity contribution in [2.45, 2.75) is 177 Å². The van der Waals surface area contributed by atoms with Crippen LogP contribution in [0.2, 0.25) is 0 Å². The maximum atomic E-state index is 15.4. The molecule has 13 atom stereocenters. The number of hydrogen-bond acceptors (Lipinski definition) is 14. The topological polar surface area (TPSA) is 271 Å². The summed E-state index contributed by atoms with van der Waals surface area (Å²) < 4.78 is 6.81. The van der Waals surface area contributed by atoms with E-state index < -0.39 is 71.1 Å². The number of aliphatic hydroxyl groups excluding tert-OH is 3. The number of β-amino-alcohol motifs (C(OH)–C–C–N with tert-alkyl or cyclic N) is 1. The fraction of sp³-hybridized carbons (Fsp3) is 0.542. The second-order valence-electron chi connectivity index (χ2n) is 26.5. The number of carbonyl (C=O) groups is 2. The predicted molar refractivity (Wildman–Crippen MR) is 357 cm³/mol. The number of nitrogens with one attached hydrogen (secondary N) is 3. The zero-order chi connectivity index (χ0) is 62.8. The Hall–Kier alpha value is -5.49. The molecule has 0 saturated heterocycles. The second-order valence-corrected chi connectivity index (χ2v) is 29.1. The molecule has 4 aliphatic heterocycles. The van der Waals surface area contributed by atoms with E-state index >= 15 is 4.79 Å². The summed E-state index contributed by atoms with van der Waals surface area (Å²) in [6.07, 6.45) is 16.2. The number of ether oxygens (including phenoxy) is 1. The fourth-order valence-electron chi connectivity index (χ4n) is 15.8. The number of benzene rings is 3. The monoisotopic (exact) mass is 1250 g/mol. The van der Waals surface area contributed by atoms with Gasteiger partial charge in [-0.05, 0) is 177 Å². The van der Waals surface area contributed by atoms with Gasteiger partial charge in [0.2, 0.25) is 5.91 Å². The summed E-state index contributed by atoms with van der Waals surface area (Å²) in [6, 6.07) is 19.3. The van der Waals surface area contributed by atoms with Gasteiger partial charge in [-0.2, -0.15) is 0 Å². The molecular formula is C72H95N7O8S2. The number of aliphatic hydroxyl groups is 4. The number of nitrogens with two attached hydrogens (primary N) is 3. The number of hydrogen-bond donors (Lipinski definition) is 11. The number of Topliss-reactive ketones (excluding diaryl/α,β-unsaturated/α-hetero) is 1. The third kappa shape index (κ3) is 15.9. The van der Waals surface area contributed by atoms with E-state index in [0.29, 0.717) is 91.7 Å². The number of phenolic OH excluding ortho intramolecular Hbond substituents is 1. The lowest BCUT2D eigenvalue weighted by Crippen LogP contribution is -2.59. The Kier molecular flexibility index (Phi) is 22.6. The number of allylic oxidation sites excluding steroid dienone is 5. The maximum Gasteiger partial charge on any atom is 0.243 e. The molecule has 478 valence electrons. The van der Waals surface area contributed by atoms with E-state index in [-0.39, 0.29) is 55.8 Å². The molecule has 13 unspecified atom stereocenters. The SMILES string of the molecule is C=C1C=CC=C(C2CCC3(C4CCC(O)Cc5cccc(c5)CC(C(CN=C(N)N)c5ccc(O)cc5)C(O)CNC5C(=O)NC(N)c6cccc(c65)CC(=O)C(C)=C4CCC3(C)O)C2O)COC2C#CCC(=CCC1NCC1CCCCC1)CCSSC2. The minimum atomic E-state index is -1.38. The highest BCUT2D eigenvalue weighted by Gasteiger charge is 2.64. The van der Waals surface area contributed by atoms with Crippen molar-refractivity contribution in [1.29, 1.82) is 0 Å². The zero-order valence-corrected chi connectivity index (χ0v) is 53.6. The van der Waals surface area contributed by atoms with Gasteiger partial charge in [-0.3, -0.25) is 19.9 Å². The summed E-state index contributed by atoms with van der Waals surface area (Å²) >= 11 is 0. The normalized spacial score (nSPS) is 31.8. The van der Waals surface area contributed by atoms with E-state index in [1.165, 1.54) is 37.7 Å². The van der Waals surface area contributed by atoms with Gasteiger partial charge in [-0.1, -0.05) is 149 Å². The van der Waals surface area contributed by atoms with Crippen molar-refractivity contribution in [3.63, 3.8) is 0 Å². The molecule has 17 heteroatoms. The largest absolute Gasteiger partial charge is 0.508 e. The van der Waals surface area contributed by atoms with Gasteiger partial charge in [0, 0.05) is 60.7 Å². The Bertz CT molecular complexity index is 3230. The minimum absolute atomic E-state index is 0.0405. The zero-order valence-electron chi connectivity index (χ0n) is 52.0. The Morgan fingerprint density at radius 1 is 0.955 bits per heavy atom. The van der Waals surface area contributed by atoms with Gasteiger partial charge in [0.05, 0.1) is 30.5 Å². The molecule has 15 nitrogen and oxygen atoms in total. The summed E-state index contributed by atoms with van der Waals surface area (Å²) in [5, 5.41) is 72.2. The molecule has 3 saturated carbocycles. The van der Waals surface area contributed by atoms with Gasteiger partial charge < -0.3 is 58.1 Å². The van der Waals surface area contributed by atoms with Gasteiger partial charge in [0.25, 0.3) is 0 Å². The van der Waals surface area contributed by atoms with Crippen LogP contribution in [-0.2, 0) is 33.6 Å². The van der Waals surface area contributed by atoms with Crippen LogP contribution in [0.15, 0.2) is 130 Å². The summed E-state index contributed by atoms with van der Waals surface area (Å²) in [4.78, 5) is 34.1. The summed E-state index contributed by atoms with van der Waals surface area (Å²) in [7, 11) is 3.64. The first-order valence-electron chi connectivity index (χ1n) is 32.5. The van der Waals surface area contributed by atoms with Crippen LogP contribution in [0, 0.1) is 40.9 Å². The first kappa shape index (κ1) is 66.4. The molecule has 0 aromatic heterocycles. The van der Waals surface area contributed by atoms with Crippen LogP contribution in [0.5, 0.6) is 5.75 Å². The number of amides is 1. The first-order chi connectivity index (χ1) is 42.9. The van der Waals surface area contributed by atoms with E-state index in [1.54, 1.807) is 35.1 Å². The number of ketones is 1. The lowest BCUT2D eigenvalue weighted by atomic mass is 9.52. The number of aliphatic imine (C=N–C) groups is 1. The lowest BCUT2D eigenvalue weighted by Gasteiger charge is -2.56. The van der Waals surface area contributed by atoms with E-state index in [4.69, 9.17) is 21.9 Å². The predicted octanol–water partition coefficient (Wildman–Crippen LogP) is 8.90. The van der Waals surface area contributed by atoms with E-state index in [0.717, 1.165) is 58.5 Å². The minimum Gasteiger partial charge on any atom is -0.508 e. The van der Waals surface area contributed by atoms with Crippen LogP contribution < -0.4 is 33.2 Å². The molecule has 1 amide bonds. The van der Waals surface area contributed by atoms with E-state index in [2.05, 4.69) is 63.7 Å². The van der Waals surface area contributed by atoms with Crippen molar-refractivity contribution in [1.82, 2.24) is 16.0 Å². The van der Waals surface area contributed by atoms with Gasteiger partial charge >= 0.3 is 0 Å². The highest BCUT2D eigenvalue weighted by molar-refractivity contribution is 8.76.